The van der Waals surface area contributed by atoms with Crippen molar-refractivity contribution in [1.29, 1.82) is 0 Å². The quantitative estimate of drug-likeness (QED) is 0.372. The minimum absolute atomic E-state index is 0.321. The Hall–Kier alpha value is -3.04. The molecule has 0 saturated carbocycles. The predicted octanol–water partition coefficient (Wildman–Crippen LogP) is 3.11. The third-order valence-corrected chi connectivity index (χ3v) is 3.07. The van der Waals surface area contributed by atoms with Crippen molar-refractivity contribution in [2.75, 3.05) is 26.8 Å². The van der Waals surface area contributed by atoms with Gasteiger partial charge in [-0.25, -0.2) is 0 Å². The monoisotopic (exact) mass is 359 g/mol. The summed E-state index contributed by atoms with van der Waals surface area (Å²) < 4.78 is 68.4. The van der Waals surface area contributed by atoms with Crippen LogP contribution in [-0.4, -0.2) is 32.5 Å². The smallest absolute Gasteiger partial charge is 0.254 e. The van der Waals surface area contributed by atoms with Gasteiger partial charge in [-0.2, -0.15) is 27.6 Å². The fourth-order valence-electron chi connectivity index (χ4n) is 1.93. The number of anilines is 1. The number of pyridine rings is 1. The summed E-state index contributed by atoms with van der Waals surface area (Å²) in [5.41, 5.74) is 1.20. The summed E-state index contributed by atoms with van der Waals surface area (Å²) in [6, 6.07) is 3.01. The van der Waals surface area contributed by atoms with E-state index in [1.165, 1.54) is 33.5 Å². The van der Waals surface area contributed by atoms with E-state index in [1.54, 1.807) is 0 Å². The molecule has 1 N–H and O–H groups in total. The minimum atomic E-state index is -1.79. The van der Waals surface area contributed by atoms with Gasteiger partial charge in [-0.15, -0.1) is 0 Å². The summed E-state index contributed by atoms with van der Waals surface area (Å²) >= 11 is 0. The Morgan fingerprint density at radius 2 is 1.44 bits per heavy atom. The molecule has 0 aliphatic rings. The first-order valence-corrected chi connectivity index (χ1v) is 6.72. The van der Waals surface area contributed by atoms with Crippen LogP contribution in [0.4, 0.5) is 23.2 Å². The molecule has 1 heterocycles. The van der Waals surface area contributed by atoms with Gasteiger partial charge in [-0.1, -0.05) is 0 Å². The molecule has 2 rings (SSSR count). The Morgan fingerprint density at radius 1 is 0.920 bits per heavy atom. The molecule has 6 nitrogen and oxygen atoms in total. The predicted molar refractivity (Wildman–Crippen MR) is 81.4 cm³/mol. The lowest BCUT2D eigenvalue weighted by Gasteiger charge is -2.12. The van der Waals surface area contributed by atoms with E-state index in [0.29, 0.717) is 22.8 Å². The van der Waals surface area contributed by atoms with Crippen LogP contribution in [0.5, 0.6) is 17.2 Å². The molecule has 0 amide bonds. The van der Waals surface area contributed by atoms with Gasteiger partial charge in [0.2, 0.25) is 17.4 Å². The number of hydrogen-bond acceptors (Lipinski definition) is 6. The maximum absolute atomic E-state index is 13.5. The highest BCUT2D eigenvalue weighted by atomic mass is 19.2. The molecule has 0 bridgehead atoms. The van der Waals surface area contributed by atoms with Crippen LogP contribution in [0, 0.1) is 23.5 Å². The van der Waals surface area contributed by atoms with Crippen molar-refractivity contribution in [3.63, 3.8) is 0 Å². The SMILES string of the molecule is COc1cc(/C=N\Nc2c(F)c(F)nc(F)c2F)cc(OC)c1OC. The van der Waals surface area contributed by atoms with Crippen LogP contribution in [0.3, 0.4) is 0 Å². The number of ether oxygens (including phenoxy) is 3. The van der Waals surface area contributed by atoms with Gasteiger partial charge in [0, 0.05) is 5.56 Å². The highest BCUT2D eigenvalue weighted by Crippen LogP contribution is 2.37. The van der Waals surface area contributed by atoms with Crippen molar-refractivity contribution in [3.8, 4) is 17.2 Å². The van der Waals surface area contributed by atoms with Gasteiger partial charge in [0.1, 0.15) is 5.69 Å². The zero-order chi connectivity index (χ0) is 18.6. The third-order valence-electron chi connectivity index (χ3n) is 3.07. The largest absolute Gasteiger partial charge is 0.493 e. The minimum Gasteiger partial charge on any atom is -0.493 e. The second-order valence-corrected chi connectivity index (χ2v) is 4.53. The molecule has 0 spiro atoms. The molecule has 10 heteroatoms. The molecule has 0 aliphatic heterocycles. The Morgan fingerprint density at radius 3 is 1.88 bits per heavy atom. The van der Waals surface area contributed by atoms with E-state index in [1.807, 2.05) is 5.43 Å². The van der Waals surface area contributed by atoms with Crippen LogP contribution >= 0.6 is 0 Å². The van der Waals surface area contributed by atoms with Gasteiger partial charge in [0.25, 0.3) is 11.9 Å². The van der Waals surface area contributed by atoms with Gasteiger partial charge in [-0.05, 0) is 12.1 Å². The maximum atomic E-state index is 13.5. The summed E-state index contributed by atoms with van der Waals surface area (Å²) in [4.78, 5) is 2.44. The summed E-state index contributed by atoms with van der Waals surface area (Å²) in [7, 11) is 4.24. The van der Waals surface area contributed by atoms with Gasteiger partial charge in [0.15, 0.2) is 11.5 Å². The summed E-state index contributed by atoms with van der Waals surface area (Å²) in [5, 5.41) is 3.55. The fraction of sp³-hybridized carbons (Fsp3) is 0.200. The molecule has 25 heavy (non-hydrogen) atoms. The Bertz CT molecular complexity index is 764. The lowest BCUT2D eigenvalue weighted by Crippen LogP contribution is -2.06. The summed E-state index contributed by atoms with van der Waals surface area (Å²) in [5.74, 6) is -5.98. The van der Waals surface area contributed by atoms with E-state index in [9.17, 15) is 17.6 Å². The Kier molecular flexibility index (Phi) is 5.63. The number of halogens is 4. The second-order valence-electron chi connectivity index (χ2n) is 4.53. The van der Waals surface area contributed by atoms with Crippen molar-refractivity contribution in [1.82, 2.24) is 4.98 Å². The molecule has 1 aromatic heterocycles. The average molecular weight is 359 g/mol. The van der Waals surface area contributed by atoms with Gasteiger partial charge in [-0.3, -0.25) is 5.43 Å². The van der Waals surface area contributed by atoms with E-state index in [2.05, 4.69) is 10.1 Å². The van der Waals surface area contributed by atoms with E-state index >= 15 is 0 Å². The molecule has 0 fully saturated rings. The number of methoxy groups -OCH3 is 3. The number of rotatable bonds is 6. The van der Waals surface area contributed by atoms with E-state index in [-0.39, 0.29) is 0 Å². The Labute approximate surface area is 140 Å². The summed E-state index contributed by atoms with van der Waals surface area (Å²) in [6.45, 7) is 0. The maximum Gasteiger partial charge on any atom is 0.254 e. The van der Waals surface area contributed by atoms with Crippen molar-refractivity contribution < 1.29 is 31.8 Å². The van der Waals surface area contributed by atoms with E-state index in [4.69, 9.17) is 14.2 Å². The zero-order valence-electron chi connectivity index (χ0n) is 13.4. The lowest BCUT2D eigenvalue weighted by atomic mass is 10.2. The molecule has 134 valence electrons. The fourth-order valence-corrected chi connectivity index (χ4v) is 1.93. The van der Waals surface area contributed by atoms with Crippen molar-refractivity contribution in [3.05, 3.63) is 41.2 Å². The number of nitrogens with one attached hydrogen (secondary N) is 1. The van der Waals surface area contributed by atoms with Gasteiger partial charge < -0.3 is 14.2 Å². The molecule has 0 radical (unpaired) electrons. The van der Waals surface area contributed by atoms with Crippen LogP contribution in [0.25, 0.3) is 0 Å². The molecule has 0 aliphatic carbocycles. The van der Waals surface area contributed by atoms with Crippen LogP contribution in [0.15, 0.2) is 17.2 Å². The van der Waals surface area contributed by atoms with E-state index < -0.39 is 29.2 Å². The molecule has 1 aromatic carbocycles. The second kappa shape index (κ2) is 7.69. The number of nitrogens with zero attached hydrogens (tertiary/aromatic N) is 2. The number of hydrazone groups is 1. The van der Waals surface area contributed by atoms with Crippen LogP contribution < -0.4 is 19.6 Å². The standard InChI is InChI=1S/C15H13F4N3O3/c1-23-8-4-7(5-9(24-2)13(8)25-3)6-20-22-12-10(16)14(18)21-15(19)11(12)17/h4-6H,1-3H3,(H,21,22)/b20-6-. The third kappa shape index (κ3) is 3.73. The van der Waals surface area contributed by atoms with Crippen molar-refractivity contribution in [2.45, 2.75) is 0 Å². The van der Waals surface area contributed by atoms with E-state index in [0.717, 1.165) is 6.21 Å². The van der Waals surface area contributed by atoms with Crippen molar-refractivity contribution >= 4 is 11.9 Å². The average Bonchev–Trinajstić information content (AvgIpc) is 2.61. The first kappa shape index (κ1) is 18.3. The molecular formula is C15H13F4N3O3. The first-order valence-electron chi connectivity index (χ1n) is 6.72. The normalized spacial score (nSPS) is 10.8. The van der Waals surface area contributed by atoms with Crippen LogP contribution in [0.1, 0.15) is 5.56 Å². The summed E-state index contributed by atoms with van der Waals surface area (Å²) in [6.07, 6.45) is 1.14. The first-order chi connectivity index (χ1) is 11.9. The van der Waals surface area contributed by atoms with Gasteiger partial charge in [0.05, 0.1) is 27.5 Å². The molecule has 0 atom stereocenters. The number of benzene rings is 1. The highest BCUT2D eigenvalue weighted by Gasteiger charge is 2.20. The van der Waals surface area contributed by atoms with Crippen molar-refractivity contribution in [2.24, 2.45) is 5.10 Å². The number of hydrogen-bond donors (Lipinski definition) is 1. The highest BCUT2D eigenvalue weighted by molar-refractivity contribution is 5.83. The molecular weight excluding hydrogens is 346 g/mol. The van der Waals surface area contributed by atoms with Crippen LogP contribution in [-0.2, 0) is 0 Å². The molecule has 0 unspecified atom stereocenters. The topological polar surface area (TPSA) is 65.0 Å². The number of aromatic nitrogens is 1. The molecule has 0 saturated heterocycles. The molecule has 2 aromatic rings. The zero-order valence-corrected chi connectivity index (χ0v) is 13.4. The van der Waals surface area contributed by atoms with Gasteiger partial charge >= 0.3 is 0 Å². The Balaban J connectivity index is 2.32. The lowest BCUT2D eigenvalue weighted by molar-refractivity contribution is 0.324. The van der Waals surface area contributed by atoms with Crippen LogP contribution in [0.2, 0.25) is 0 Å².